The Morgan fingerprint density at radius 2 is 2.00 bits per heavy atom. The zero-order valence-electron chi connectivity index (χ0n) is 7.31. The summed E-state index contributed by atoms with van der Waals surface area (Å²) in [6.07, 6.45) is 1.27. The molecule has 0 amide bonds. The monoisotopic (exact) mass is 161 g/mol. The summed E-state index contributed by atoms with van der Waals surface area (Å²) in [6, 6.07) is 0. The minimum absolute atomic E-state index is 0.333. The number of thioether (sulfide) groups is 1. The minimum Gasteiger partial charge on any atom is -0.330 e. The molecule has 62 valence electrons. The topological polar surface area (TPSA) is 26.0 Å². The molecule has 0 aromatic carbocycles. The largest absolute Gasteiger partial charge is 0.330 e. The van der Waals surface area contributed by atoms with Crippen molar-refractivity contribution in [2.75, 3.05) is 18.1 Å². The van der Waals surface area contributed by atoms with Crippen LogP contribution in [0.4, 0.5) is 0 Å². The van der Waals surface area contributed by atoms with Gasteiger partial charge < -0.3 is 5.73 Å². The fraction of sp³-hybridized carbons (Fsp3) is 1.00. The first-order chi connectivity index (χ1) is 4.62. The first kappa shape index (κ1) is 10.3. The molecule has 0 aliphatic heterocycles. The predicted octanol–water partition coefficient (Wildman–Crippen LogP) is 2.11. The van der Waals surface area contributed by atoms with Crippen LogP contribution in [0.15, 0.2) is 0 Å². The first-order valence-corrected chi connectivity index (χ1v) is 5.05. The van der Waals surface area contributed by atoms with Crippen LogP contribution in [-0.4, -0.2) is 18.1 Å². The van der Waals surface area contributed by atoms with Gasteiger partial charge in [0.1, 0.15) is 0 Å². The summed E-state index contributed by atoms with van der Waals surface area (Å²) in [5.74, 6) is 2.46. The molecule has 1 nitrogen and oxygen atoms in total. The Labute approximate surface area is 68.8 Å². The van der Waals surface area contributed by atoms with Gasteiger partial charge in [-0.3, -0.25) is 0 Å². The van der Waals surface area contributed by atoms with Crippen molar-refractivity contribution in [2.45, 2.75) is 27.2 Å². The molecule has 0 spiro atoms. The molecule has 0 heterocycles. The Morgan fingerprint density at radius 1 is 1.40 bits per heavy atom. The van der Waals surface area contributed by atoms with Gasteiger partial charge in [-0.2, -0.15) is 11.8 Å². The van der Waals surface area contributed by atoms with E-state index in [1.165, 1.54) is 17.9 Å². The Hall–Kier alpha value is 0.310. The smallest absolute Gasteiger partial charge is 0.000404 e. The highest BCUT2D eigenvalue weighted by Crippen LogP contribution is 2.20. The van der Waals surface area contributed by atoms with Crippen LogP contribution in [0.5, 0.6) is 0 Å². The van der Waals surface area contributed by atoms with Crippen molar-refractivity contribution in [1.29, 1.82) is 0 Å². The molecule has 2 heteroatoms. The fourth-order valence-corrected chi connectivity index (χ4v) is 1.66. The van der Waals surface area contributed by atoms with Crippen LogP contribution in [0.25, 0.3) is 0 Å². The summed E-state index contributed by atoms with van der Waals surface area (Å²) in [4.78, 5) is 0. The molecule has 10 heavy (non-hydrogen) atoms. The van der Waals surface area contributed by atoms with Crippen LogP contribution < -0.4 is 5.73 Å². The highest BCUT2D eigenvalue weighted by molar-refractivity contribution is 7.99. The molecule has 0 aromatic rings. The van der Waals surface area contributed by atoms with E-state index in [2.05, 4.69) is 20.8 Å². The molecule has 0 rings (SSSR count). The van der Waals surface area contributed by atoms with Crippen molar-refractivity contribution in [3.8, 4) is 0 Å². The van der Waals surface area contributed by atoms with E-state index in [1.807, 2.05) is 11.8 Å². The van der Waals surface area contributed by atoms with Crippen LogP contribution in [0.2, 0.25) is 0 Å². The zero-order valence-corrected chi connectivity index (χ0v) is 8.13. The van der Waals surface area contributed by atoms with Crippen molar-refractivity contribution >= 4 is 11.8 Å². The quantitative estimate of drug-likeness (QED) is 0.625. The molecule has 0 saturated carbocycles. The maximum Gasteiger partial charge on any atom is -0.000404 e. The summed E-state index contributed by atoms with van der Waals surface area (Å²) >= 11 is 2.00. The van der Waals surface area contributed by atoms with Gasteiger partial charge in [0, 0.05) is 0 Å². The van der Waals surface area contributed by atoms with E-state index < -0.39 is 0 Å². The van der Waals surface area contributed by atoms with Gasteiger partial charge in [-0.15, -0.1) is 0 Å². The number of rotatable bonds is 5. The lowest BCUT2D eigenvalue weighted by molar-refractivity contribution is 0.438. The molecular formula is C8H19NS. The van der Waals surface area contributed by atoms with Gasteiger partial charge in [-0.25, -0.2) is 0 Å². The van der Waals surface area contributed by atoms with Gasteiger partial charge in [-0.05, 0) is 29.9 Å². The highest BCUT2D eigenvalue weighted by atomic mass is 32.2. The molecule has 0 aliphatic carbocycles. The van der Waals surface area contributed by atoms with E-state index in [0.29, 0.717) is 5.41 Å². The summed E-state index contributed by atoms with van der Waals surface area (Å²) in [7, 11) is 0. The third-order valence-corrected chi connectivity index (χ3v) is 3.08. The van der Waals surface area contributed by atoms with Gasteiger partial charge in [0.2, 0.25) is 0 Å². The fourth-order valence-electron chi connectivity index (χ4n) is 0.552. The SMILES string of the molecule is CCCSCC(C)(C)CN. The molecule has 0 fully saturated rings. The second-order valence-electron chi connectivity index (χ2n) is 3.42. The molecule has 0 aromatic heterocycles. The van der Waals surface area contributed by atoms with E-state index >= 15 is 0 Å². The second kappa shape index (κ2) is 5.03. The first-order valence-electron chi connectivity index (χ1n) is 3.90. The van der Waals surface area contributed by atoms with Crippen LogP contribution in [0.3, 0.4) is 0 Å². The van der Waals surface area contributed by atoms with Gasteiger partial charge in [0.15, 0.2) is 0 Å². The molecule has 0 radical (unpaired) electrons. The zero-order chi connectivity index (χ0) is 8.04. The van der Waals surface area contributed by atoms with Crippen LogP contribution >= 0.6 is 11.8 Å². The van der Waals surface area contributed by atoms with Crippen molar-refractivity contribution in [3.05, 3.63) is 0 Å². The maximum absolute atomic E-state index is 5.58. The molecular weight excluding hydrogens is 142 g/mol. The number of hydrogen-bond donors (Lipinski definition) is 1. The summed E-state index contributed by atoms with van der Waals surface area (Å²) in [6.45, 7) is 7.44. The summed E-state index contributed by atoms with van der Waals surface area (Å²) in [5, 5.41) is 0. The number of nitrogens with two attached hydrogens (primary N) is 1. The third kappa shape index (κ3) is 5.12. The minimum atomic E-state index is 0.333. The van der Waals surface area contributed by atoms with Crippen LogP contribution in [0, 0.1) is 5.41 Å². The van der Waals surface area contributed by atoms with E-state index in [-0.39, 0.29) is 0 Å². The van der Waals surface area contributed by atoms with Crippen molar-refractivity contribution in [3.63, 3.8) is 0 Å². The Kier molecular flexibility index (Phi) is 5.18. The highest BCUT2D eigenvalue weighted by Gasteiger charge is 2.14. The maximum atomic E-state index is 5.58. The molecule has 0 atom stereocenters. The van der Waals surface area contributed by atoms with Crippen molar-refractivity contribution in [2.24, 2.45) is 11.1 Å². The average molecular weight is 161 g/mol. The number of hydrogen-bond acceptors (Lipinski definition) is 2. The Morgan fingerprint density at radius 3 is 2.40 bits per heavy atom. The molecule has 0 aliphatic rings. The van der Waals surface area contributed by atoms with Crippen molar-refractivity contribution in [1.82, 2.24) is 0 Å². The van der Waals surface area contributed by atoms with Crippen molar-refractivity contribution < 1.29 is 0 Å². The van der Waals surface area contributed by atoms with E-state index in [0.717, 1.165) is 6.54 Å². The lowest BCUT2D eigenvalue weighted by Crippen LogP contribution is -2.26. The van der Waals surface area contributed by atoms with Crippen LogP contribution in [-0.2, 0) is 0 Å². The summed E-state index contributed by atoms with van der Waals surface area (Å²) < 4.78 is 0. The lowest BCUT2D eigenvalue weighted by atomic mass is 9.97. The molecule has 2 N–H and O–H groups in total. The third-order valence-electron chi connectivity index (χ3n) is 1.39. The van der Waals surface area contributed by atoms with Crippen LogP contribution in [0.1, 0.15) is 27.2 Å². The predicted molar refractivity (Wildman–Crippen MR) is 50.5 cm³/mol. The molecule has 0 saturated heterocycles. The Bertz CT molecular complexity index is 81.3. The van der Waals surface area contributed by atoms with E-state index in [1.54, 1.807) is 0 Å². The standard InChI is InChI=1S/C8H19NS/c1-4-5-10-7-8(2,3)6-9/h4-7,9H2,1-3H3. The van der Waals surface area contributed by atoms with Gasteiger partial charge in [-0.1, -0.05) is 20.8 Å². The second-order valence-corrected chi connectivity index (χ2v) is 4.53. The normalized spacial score (nSPS) is 12.0. The average Bonchev–Trinajstić information content (AvgIpc) is 1.89. The van der Waals surface area contributed by atoms with E-state index in [9.17, 15) is 0 Å². The molecule has 0 unspecified atom stereocenters. The van der Waals surface area contributed by atoms with Gasteiger partial charge in [0.25, 0.3) is 0 Å². The van der Waals surface area contributed by atoms with E-state index in [4.69, 9.17) is 5.73 Å². The van der Waals surface area contributed by atoms with Gasteiger partial charge in [0.05, 0.1) is 0 Å². The molecule has 0 bridgehead atoms. The summed E-state index contributed by atoms with van der Waals surface area (Å²) in [5.41, 5.74) is 5.91. The van der Waals surface area contributed by atoms with Gasteiger partial charge >= 0.3 is 0 Å². The Balaban J connectivity index is 3.28. The lowest BCUT2D eigenvalue weighted by Gasteiger charge is -2.21.